The summed E-state index contributed by atoms with van der Waals surface area (Å²) in [6.07, 6.45) is 0.598. The Morgan fingerprint density at radius 3 is 2.29 bits per heavy atom. The lowest BCUT2D eigenvalue weighted by atomic mass is 10.1. The van der Waals surface area contributed by atoms with Crippen LogP contribution in [0.15, 0.2) is 28.8 Å². The molecule has 1 aromatic carbocycles. The monoisotopic (exact) mass is 329 g/mol. The number of benzene rings is 1. The molecule has 0 atom stereocenters. The quantitative estimate of drug-likeness (QED) is 0.882. The van der Waals surface area contributed by atoms with Crippen molar-refractivity contribution in [1.82, 2.24) is 10.1 Å². The standard InChI is InChI=1S/C18H23N3O3/c1-5-15-16(12(4)20-24-15)17(22)19-14-10-8-13(9-11-14)18(23)21(6-2)7-3/h8-11H,5-7H2,1-4H3,(H,19,22). The molecule has 1 aromatic heterocycles. The van der Waals surface area contributed by atoms with E-state index in [0.29, 0.717) is 47.8 Å². The fourth-order valence-electron chi connectivity index (χ4n) is 2.53. The second-order valence-electron chi connectivity index (χ2n) is 5.43. The van der Waals surface area contributed by atoms with Crippen molar-refractivity contribution in [3.8, 4) is 0 Å². The summed E-state index contributed by atoms with van der Waals surface area (Å²) in [5.74, 6) is 0.299. The molecule has 1 heterocycles. The van der Waals surface area contributed by atoms with Gasteiger partial charge in [0.05, 0.1) is 5.69 Å². The fourth-order valence-corrected chi connectivity index (χ4v) is 2.53. The van der Waals surface area contributed by atoms with Crippen LogP contribution in [0.2, 0.25) is 0 Å². The second-order valence-corrected chi connectivity index (χ2v) is 5.43. The Labute approximate surface area is 141 Å². The summed E-state index contributed by atoms with van der Waals surface area (Å²) >= 11 is 0. The minimum Gasteiger partial charge on any atom is -0.360 e. The average Bonchev–Trinajstić information content (AvgIpc) is 2.97. The van der Waals surface area contributed by atoms with Gasteiger partial charge in [-0.05, 0) is 45.0 Å². The van der Waals surface area contributed by atoms with Crippen molar-refractivity contribution >= 4 is 17.5 Å². The number of hydrogen-bond acceptors (Lipinski definition) is 4. The van der Waals surface area contributed by atoms with Crippen LogP contribution in [0.25, 0.3) is 0 Å². The molecule has 0 saturated carbocycles. The molecule has 0 bridgehead atoms. The lowest BCUT2D eigenvalue weighted by molar-refractivity contribution is 0.0773. The van der Waals surface area contributed by atoms with E-state index in [1.54, 1.807) is 36.1 Å². The van der Waals surface area contributed by atoms with Crippen LogP contribution in [0.3, 0.4) is 0 Å². The maximum absolute atomic E-state index is 12.4. The molecule has 6 heteroatoms. The summed E-state index contributed by atoms with van der Waals surface area (Å²) in [6, 6.07) is 6.89. The van der Waals surface area contributed by atoms with Crippen LogP contribution in [-0.2, 0) is 6.42 Å². The van der Waals surface area contributed by atoms with E-state index in [2.05, 4.69) is 10.5 Å². The van der Waals surface area contributed by atoms with Gasteiger partial charge in [-0.2, -0.15) is 0 Å². The van der Waals surface area contributed by atoms with Crippen LogP contribution < -0.4 is 5.32 Å². The lowest BCUT2D eigenvalue weighted by Crippen LogP contribution is -2.30. The molecule has 2 amide bonds. The van der Waals surface area contributed by atoms with E-state index >= 15 is 0 Å². The van der Waals surface area contributed by atoms with Crippen molar-refractivity contribution < 1.29 is 14.1 Å². The Morgan fingerprint density at radius 2 is 1.75 bits per heavy atom. The van der Waals surface area contributed by atoms with Gasteiger partial charge in [0.25, 0.3) is 11.8 Å². The van der Waals surface area contributed by atoms with E-state index in [1.807, 2.05) is 20.8 Å². The Balaban J connectivity index is 2.13. The molecule has 2 aromatic rings. The van der Waals surface area contributed by atoms with E-state index in [0.717, 1.165) is 0 Å². The van der Waals surface area contributed by atoms with Gasteiger partial charge >= 0.3 is 0 Å². The highest BCUT2D eigenvalue weighted by Crippen LogP contribution is 2.18. The minimum atomic E-state index is -0.256. The second kappa shape index (κ2) is 7.77. The number of carbonyl (C=O) groups excluding carboxylic acids is 2. The smallest absolute Gasteiger partial charge is 0.261 e. The number of rotatable bonds is 6. The number of hydrogen-bond donors (Lipinski definition) is 1. The van der Waals surface area contributed by atoms with Gasteiger partial charge in [0.2, 0.25) is 0 Å². The first-order valence-electron chi connectivity index (χ1n) is 8.17. The molecule has 0 fully saturated rings. The largest absolute Gasteiger partial charge is 0.360 e. The molecular formula is C18H23N3O3. The molecular weight excluding hydrogens is 306 g/mol. The maximum Gasteiger partial charge on any atom is 0.261 e. The van der Waals surface area contributed by atoms with Gasteiger partial charge in [0.1, 0.15) is 11.3 Å². The van der Waals surface area contributed by atoms with Gasteiger partial charge in [-0.25, -0.2) is 0 Å². The Bertz CT molecular complexity index is 716. The zero-order valence-corrected chi connectivity index (χ0v) is 14.5. The Kier molecular flexibility index (Phi) is 5.73. The molecule has 6 nitrogen and oxygen atoms in total. The van der Waals surface area contributed by atoms with Crippen molar-refractivity contribution in [2.75, 3.05) is 18.4 Å². The summed E-state index contributed by atoms with van der Waals surface area (Å²) in [7, 11) is 0. The van der Waals surface area contributed by atoms with Crippen LogP contribution in [-0.4, -0.2) is 35.0 Å². The molecule has 2 rings (SSSR count). The van der Waals surface area contributed by atoms with Gasteiger partial charge in [-0.15, -0.1) is 0 Å². The zero-order chi connectivity index (χ0) is 17.7. The van der Waals surface area contributed by atoms with Gasteiger partial charge in [0, 0.05) is 30.8 Å². The van der Waals surface area contributed by atoms with Crippen molar-refractivity contribution in [3.05, 3.63) is 46.8 Å². The number of nitrogens with zero attached hydrogens (tertiary/aromatic N) is 2. The molecule has 0 aliphatic rings. The highest BCUT2D eigenvalue weighted by Gasteiger charge is 2.19. The third-order valence-electron chi connectivity index (χ3n) is 3.92. The predicted octanol–water partition coefficient (Wildman–Crippen LogP) is 3.28. The molecule has 0 aliphatic heterocycles. The van der Waals surface area contributed by atoms with Crippen LogP contribution in [0, 0.1) is 6.92 Å². The van der Waals surface area contributed by atoms with Crippen LogP contribution >= 0.6 is 0 Å². The minimum absolute atomic E-state index is 0.0129. The van der Waals surface area contributed by atoms with E-state index in [9.17, 15) is 9.59 Å². The summed E-state index contributed by atoms with van der Waals surface area (Å²) in [5.41, 5.74) is 2.27. The number of aryl methyl sites for hydroxylation is 2. The topological polar surface area (TPSA) is 75.4 Å². The molecule has 1 N–H and O–H groups in total. The molecule has 0 spiro atoms. The highest BCUT2D eigenvalue weighted by molar-refractivity contribution is 6.06. The van der Waals surface area contributed by atoms with Crippen molar-refractivity contribution in [3.63, 3.8) is 0 Å². The SMILES string of the molecule is CCc1onc(C)c1C(=O)Nc1ccc(C(=O)N(CC)CC)cc1. The van der Waals surface area contributed by atoms with Crippen LogP contribution in [0.5, 0.6) is 0 Å². The molecule has 0 radical (unpaired) electrons. The maximum atomic E-state index is 12.4. The third-order valence-corrected chi connectivity index (χ3v) is 3.92. The highest BCUT2D eigenvalue weighted by atomic mass is 16.5. The molecule has 128 valence electrons. The van der Waals surface area contributed by atoms with Crippen LogP contribution in [0.4, 0.5) is 5.69 Å². The van der Waals surface area contributed by atoms with Gasteiger partial charge in [0.15, 0.2) is 0 Å². The van der Waals surface area contributed by atoms with Crippen LogP contribution in [0.1, 0.15) is 52.9 Å². The Morgan fingerprint density at radius 1 is 1.12 bits per heavy atom. The summed E-state index contributed by atoms with van der Waals surface area (Å²) < 4.78 is 5.14. The first kappa shape index (κ1) is 17.7. The number of aromatic nitrogens is 1. The van der Waals surface area contributed by atoms with Gasteiger partial charge < -0.3 is 14.7 Å². The van der Waals surface area contributed by atoms with Gasteiger partial charge in [-0.3, -0.25) is 9.59 Å². The Hall–Kier alpha value is -2.63. The van der Waals surface area contributed by atoms with E-state index in [4.69, 9.17) is 4.52 Å². The molecule has 0 unspecified atom stereocenters. The van der Waals surface area contributed by atoms with Crippen molar-refractivity contribution in [2.45, 2.75) is 34.1 Å². The number of amides is 2. The average molecular weight is 329 g/mol. The molecule has 0 aliphatic carbocycles. The first-order valence-corrected chi connectivity index (χ1v) is 8.17. The van der Waals surface area contributed by atoms with Crippen molar-refractivity contribution in [1.29, 1.82) is 0 Å². The number of anilines is 1. The summed E-state index contributed by atoms with van der Waals surface area (Å²) in [4.78, 5) is 26.4. The molecule has 24 heavy (non-hydrogen) atoms. The zero-order valence-electron chi connectivity index (χ0n) is 14.5. The van der Waals surface area contributed by atoms with Gasteiger partial charge in [-0.1, -0.05) is 12.1 Å². The third kappa shape index (κ3) is 3.64. The summed E-state index contributed by atoms with van der Waals surface area (Å²) in [5, 5.41) is 6.66. The summed E-state index contributed by atoms with van der Waals surface area (Å²) in [6.45, 7) is 8.87. The number of nitrogens with one attached hydrogen (secondary N) is 1. The van der Waals surface area contributed by atoms with Crippen molar-refractivity contribution in [2.24, 2.45) is 0 Å². The van der Waals surface area contributed by atoms with E-state index < -0.39 is 0 Å². The fraction of sp³-hybridized carbons (Fsp3) is 0.389. The molecule has 0 saturated heterocycles. The normalized spacial score (nSPS) is 10.5. The lowest BCUT2D eigenvalue weighted by Gasteiger charge is -2.18. The van der Waals surface area contributed by atoms with E-state index in [-0.39, 0.29) is 11.8 Å². The number of carbonyl (C=O) groups is 2. The predicted molar refractivity (Wildman–Crippen MR) is 92.3 cm³/mol. The first-order chi connectivity index (χ1) is 11.5. The van der Waals surface area contributed by atoms with E-state index in [1.165, 1.54) is 0 Å².